The number of nitrogens with zero attached hydrogens (tertiary/aromatic N) is 3. The van der Waals surface area contributed by atoms with Crippen LogP contribution in [0, 0.1) is 6.92 Å². The largest absolute Gasteiger partial charge is 0.485 e. The zero-order valence-corrected chi connectivity index (χ0v) is 11.3. The third-order valence-corrected chi connectivity index (χ3v) is 2.86. The normalized spacial score (nSPS) is 10.9. The van der Waals surface area contributed by atoms with Gasteiger partial charge in [-0.05, 0) is 19.1 Å². The fourth-order valence-electron chi connectivity index (χ4n) is 1.63. The average molecular weight is 273 g/mol. The highest BCUT2D eigenvalue weighted by Gasteiger charge is 2.07. The summed E-state index contributed by atoms with van der Waals surface area (Å²) in [4.78, 5) is 10.6. The molecule has 6 nitrogen and oxygen atoms in total. The molecule has 0 spiro atoms. The van der Waals surface area contributed by atoms with Gasteiger partial charge in [0.15, 0.2) is 5.82 Å². The first-order valence-corrected chi connectivity index (χ1v) is 6.05. The number of benzene rings is 1. The molecular formula is C14H15N3O3. The number of para-hydroxylation sites is 1. The monoisotopic (exact) mass is 273 g/mol. The molecule has 0 aliphatic heterocycles. The SMILES string of the molecule is Cc1nnc(COc2ccccc2/C=C/C(=O)O)n1C. The summed E-state index contributed by atoms with van der Waals surface area (Å²) in [5, 5.41) is 16.6. The highest BCUT2D eigenvalue weighted by molar-refractivity contribution is 5.85. The van der Waals surface area contributed by atoms with Crippen LogP contribution in [0.4, 0.5) is 0 Å². The predicted molar refractivity (Wildman–Crippen MR) is 73.2 cm³/mol. The summed E-state index contributed by atoms with van der Waals surface area (Å²) in [5.74, 6) is 1.12. The van der Waals surface area contributed by atoms with Gasteiger partial charge in [0, 0.05) is 18.7 Å². The van der Waals surface area contributed by atoms with Gasteiger partial charge in [-0.15, -0.1) is 10.2 Å². The lowest BCUT2D eigenvalue weighted by molar-refractivity contribution is -0.131. The third-order valence-electron chi connectivity index (χ3n) is 2.86. The number of hydrogen-bond acceptors (Lipinski definition) is 4. The zero-order valence-electron chi connectivity index (χ0n) is 11.3. The molecule has 1 heterocycles. The van der Waals surface area contributed by atoms with Crippen molar-refractivity contribution in [2.75, 3.05) is 0 Å². The molecule has 2 rings (SSSR count). The maximum atomic E-state index is 10.6. The second-order valence-corrected chi connectivity index (χ2v) is 4.22. The maximum absolute atomic E-state index is 10.6. The van der Waals surface area contributed by atoms with Crippen LogP contribution in [0.3, 0.4) is 0 Å². The van der Waals surface area contributed by atoms with E-state index in [0.29, 0.717) is 17.1 Å². The van der Waals surface area contributed by atoms with Crippen LogP contribution in [0.15, 0.2) is 30.3 Å². The molecule has 1 aromatic heterocycles. The molecule has 0 bridgehead atoms. The average Bonchev–Trinajstić information content (AvgIpc) is 2.75. The van der Waals surface area contributed by atoms with E-state index in [4.69, 9.17) is 9.84 Å². The first kappa shape index (κ1) is 13.8. The van der Waals surface area contributed by atoms with Crippen molar-refractivity contribution in [2.45, 2.75) is 13.5 Å². The van der Waals surface area contributed by atoms with Crippen LogP contribution in [0.1, 0.15) is 17.2 Å². The number of carbonyl (C=O) groups is 1. The number of rotatable bonds is 5. The van der Waals surface area contributed by atoms with E-state index < -0.39 is 5.97 Å². The van der Waals surface area contributed by atoms with Crippen LogP contribution in [0.5, 0.6) is 5.75 Å². The maximum Gasteiger partial charge on any atom is 0.328 e. The van der Waals surface area contributed by atoms with Gasteiger partial charge in [-0.1, -0.05) is 18.2 Å². The fourth-order valence-corrected chi connectivity index (χ4v) is 1.63. The lowest BCUT2D eigenvalue weighted by Crippen LogP contribution is -2.05. The summed E-state index contributed by atoms with van der Waals surface area (Å²) in [6, 6.07) is 7.22. The Morgan fingerprint density at radius 1 is 1.40 bits per heavy atom. The van der Waals surface area contributed by atoms with Crippen LogP contribution < -0.4 is 4.74 Å². The van der Waals surface area contributed by atoms with Crippen molar-refractivity contribution >= 4 is 12.0 Å². The molecule has 1 aromatic carbocycles. The van der Waals surface area contributed by atoms with E-state index in [9.17, 15) is 4.79 Å². The minimum atomic E-state index is -0.997. The molecule has 0 radical (unpaired) electrons. The Hall–Kier alpha value is -2.63. The Morgan fingerprint density at radius 3 is 2.80 bits per heavy atom. The number of aromatic nitrogens is 3. The van der Waals surface area contributed by atoms with E-state index in [0.717, 1.165) is 11.9 Å². The lowest BCUT2D eigenvalue weighted by Gasteiger charge is -2.08. The van der Waals surface area contributed by atoms with Crippen molar-refractivity contribution in [1.29, 1.82) is 0 Å². The van der Waals surface area contributed by atoms with Gasteiger partial charge in [0.05, 0.1) is 0 Å². The number of ether oxygens (including phenoxy) is 1. The first-order valence-electron chi connectivity index (χ1n) is 6.05. The Morgan fingerprint density at radius 2 is 2.15 bits per heavy atom. The van der Waals surface area contributed by atoms with Crippen molar-refractivity contribution in [3.8, 4) is 5.75 Å². The van der Waals surface area contributed by atoms with E-state index >= 15 is 0 Å². The van der Waals surface area contributed by atoms with Gasteiger partial charge in [0.1, 0.15) is 18.2 Å². The molecule has 0 aliphatic rings. The van der Waals surface area contributed by atoms with Crippen LogP contribution >= 0.6 is 0 Å². The summed E-state index contributed by atoms with van der Waals surface area (Å²) < 4.78 is 7.53. The van der Waals surface area contributed by atoms with Gasteiger partial charge in [0.25, 0.3) is 0 Å². The molecule has 0 saturated carbocycles. The predicted octanol–water partition coefficient (Wildman–Crippen LogP) is 1.80. The molecule has 6 heteroatoms. The molecule has 0 amide bonds. The Labute approximate surface area is 116 Å². The molecule has 1 N–H and O–H groups in total. The van der Waals surface area contributed by atoms with Crippen LogP contribution in [0.25, 0.3) is 6.08 Å². The number of carboxylic acid groups (broad SMARTS) is 1. The van der Waals surface area contributed by atoms with E-state index in [1.807, 2.05) is 30.7 Å². The van der Waals surface area contributed by atoms with Gasteiger partial charge in [-0.3, -0.25) is 0 Å². The topological polar surface area (TPSA) is 77.2 Å². The minimum Gasteiger partial charge on any atom is -0.485 e. The van der Waals surface area contributed by atoms with Crippen LogP contribution in [0.2, 0.25) is 0 Å². The molecule has 0 saturated heterocycles. The van der Waals surface area contributed by atoms with Crippen molar-refractivity contribution in [3.63, 3.8) is 0 Å². The fraction of sp³-hybridized carbons (Fsp3) is 0.214. The van der Waals surface area contributed by atoms with Crippen molar-refractivity contribution in [1.82, 2.24) is 14.8 Å². The van der Waals surface area contributed by atoms with E-state index in [2.05, 4.69) is 10.2 Å². The van der Waals surface area contributed by atoms with E-state index in [1.54, 1.807) is 12.1 Å². The summed E-state index contributed by atoms with van der Waals surface area (Å²) in [6.45, 7) is 2.13. The third kappa shape index (κ3) is 3.23. The number of hydrogen-bond donors (Lipinski definition) is 1. The van der Waals surface area contributed by atoms with Crippen molar-refractivity contribution in [3.05, 3.63) is 47.6 Å². The second-order valence-electron chi connectivity index (χ2n) is 4.22. The first-order chi connectivity index (χ1) is 9.58. The standard InChI is InChI=1S/C14H15N3O3/c1-10-15-16-13(17(10)2)9-20-12-6-4-3-5-11(12)7-8-14(18)19/h3-8H,9H2,1-2H3,(H,18,19)/b8-7+. The molecule has 0 fully saturated rings. The van der Waals surface area contributed by atoms with Gasteiger partial charge >= 0.3 is 5.97 Å². The number of carboxylic acids is 1. The molecule has 2 aromatic rings. The number of aryl methyl sites for hydroxylation is 1. The molecular weight excluding hydrogens is 258 g/mol. The van der Waals surface area contributed by atoms with Gasteiger partial charge < -0.3 is 14.4 Å². The molecule has 0 aliphatic carbocycles. The van der Waals surface area contributed by atoms with E-state index in [1.165, 1.54) is 6.08 Å². The molecule has 20 heavy (non-hydrogen) atoms. The highest BCUT2D eigenvalue weighted by atomic mass is 16.5. The minimum absolute atomic E-state index is 0.273. The molecule has 104 valence electrons. The van der Waals surface area contributed by atoms with Gasteiger partial charge in [-0.25, -0.2) is 4.79 Å². The Bertz CT molecular complexity index is 647. The lowest BCUT2D eigenvalue weighted by atomic mass is 10.2. The smallest absolute Gasteiger partial charge is 0.328 e. The zero-order chi connectivity index (χ0) is 14.5. The van der Waals surface area contributed by atoms with Crippen molar-refractivity contribution < 1.29 is 14.6 Å². The second kappa shape index (κ2) is 6.01. The van der Waals surface area contributed by atoms with Gasteiger partial charge in [-0.2, -0.15) is 0 Å². The molecule has 0 unspecified atom stereocenters. The quantitative estimate of drug-likeness (QED) is 0.840. The Kier molecular flexibility index (Phi) is 4.14. The van der Waals surface area contributed by atoms with Crippen LogP contribution in [-0.4, -0.2) is 25.8 Å². The molecule has 0 atom stereocenters. The summed E-state index contributed by atoms with van der Waals surface area (Å²) in [5.41, 5.74) is 0.703. The summed E-state index contributed by atoms with van der Waals surface area (Å²) in [7, 11) is 1.87. The number of aliphatic carboxylic acids is 1. The van der Waals surface area contributed by atoms with Crippen molar-refractivity contribution in [2.24, 2.45) is 7.05 Å². The summed E-state index contributed by atoms with van der Waals surface area (Å²) in [6.07, 6.45) is 2.58. The summed E-state index contributed by atoms with van der Waals surface area (Å²) >= 11 is 0. The van der Waals surface area contributed by atoms with Crippen LogP contribution in [-0.2, 0) is 18.4 Å². The van der Waals surface area contributed by atoms with E-state index in [-0.39, 0.29) is 6.61 Å². The highest BCUT2D eigenvalue weighted by Crippen LogP contribution is 2.20. The van der Waals surface area contributed by atoms with Gasteiger partial charge in [0.2, 0.25) is 0 Å². The Balaban J connectivity index is 2.13.